The summed E-state index contributed by atoms with van der Waals surface area (Å²) in [5.74, 6) is 1.04. The van der Waals surface area contributed by atoms with Crippen LogP contribution in [0.3, 0.4) is 0 Å². The zero-order chi connectivity index (χ0) is 15.8. The Bertz CT molecular complexity index is 1030. The molecule has 0 radical (unpaired) electrons. The van der Waals surface area contributed by atoms with Gasteiger partial charge < -0.3 is 4.98 Å². The smallest absolute Gasteiger partial charge is 0.262 e. The average molecular weight is 304 g/mol. The van der Waals surface area contributed by atoms with Crippen LogP contribution >= 0.6 is 0 Å². The van der Waals surface area contributed by atoms with Crippen molar-refractivity contribution < 1.29 is 0 Å². The number of aromatic nitrogens is 6. The van der Waals surface area contributed by atoms with Gasteiger partial charge in [-0.3, -0.25) is 4.79 Å². The molecule has 0 saturated carbocycles. The predicted molar refractivity (Wildman–Crippen MR) is 85.2 cm³/mol. The number of hydrogen-bond donors (Lipinski definition) is 1. The van der Waals surface area contributed by atoms with Crippen LogP contribution in [0.15, 0.2) is 53.5 Å². The highest BCUT2D eigenvalue weighted by molar-refractivity contribution is 5.74. The number of benzene rings is 1. The van der Waals surface area contributed by atoms with Crippen LogP contribution in [0.5, 0.6) is 0 Å². The van der Waals surface area contributed by atoms with Crippen molar-refractivity contribution in [1.29, 1.82) is 0 Å². The van der Waals surface area contributed by atoms with Crippen molar-refractivity contribution in [3.05, 3.63) is 64.8 Å². The molecule has 1 aromatic carbocycles. The van der Waals surface area contributed by atoms with Crippen molar-refractivity contribution >= 4 is 11.0 Å². The van der Waals surface area contributed by atoms with Gasteiger partial charge in [0.1, 0.15) is 11.2 Å². The minimum atomic E-state index is -0.215. The van der Waals surface area contributed by atoms with E-state index in [-0.39, 0.29) is 5.56 Å². The van der Waals surface area contributed by atoms with E-state index in [1.165, 1.54) is 10.9 Å². The van der Waals surface area contributed by atoms with E-state index >= 15 is 0 Å². The first-order chi connectivity index (χ1) is 11.2. The van der Waals surface area contributed by atoms with E-state index in [1.807, 2.05) is 36.4 Å². The second-order valence-electron chi connectivity index (χ2n) is 5.09. The number of nitrogens with one attached hydrogen (secondary N) is 1. The number of fused-ring (bicyclic) bond motifs is 1. The van der Waals surface area contributed by atoms with Crippen LogP contribution in [0.25, 0.3) is 28.1 Å². The normalized spacial score (nSPS) is 11.0. The summed E-state index contributed by atoms with van der Waals surface area (Å²) in [4.78, 5) is 18.9. The van der Waals surface area contributed by atoms with Gasteiger partial charge in [-0.25, -0.2) is 4.98 Å². The molecular weight excluding hydrogens is 292 g/mol. The molecule has 0 saturated heterocycles. The number of aromatic amines is 1. The molecule has 0 unspecified atom stereocenters. The van der Waals surface area contributed by atoms with Gasteiger partial charge in [0.15, 0.2) is 11.5 Å². The molecule has 1 N–H and O–H groups in total. The van der Waals surface area contributed by atoms with Crippen molar-refractivity contribution in [2.45, 2.75) is 6.92 Å². The van der Waals surface area contributed by atoms with Gasteiger partial charge in [-0.05, 0) is 19.1 Å². The van der Waals surface area contributed by atoms with Crippen LogP contribution in [-0.2, 0) is 0 Å². The minimum absolute atomic E-state index is 0.215. The fourth-order valence-electron chi connectivity index (χ4n) is 2.40. The lowest BCUT2D eigenvalue weighted by Gasteiger charge is -2.03. The molecule has 0 aliphatic heterocycles. The van der Waals surface area contributed by atoms with Crippen molar-refractivity contribution in [2.75, 3.05) is 0 Å². The first-order valence-corrected chi connectivity index (χ1v) is 7.06. The van der Waals surface area contributed by atoms with E-state index in [0.717, 1.165) is 11.3 Å². The van der Waals surface area contributed by atoms with Crippen LogP contribution in [0.1, 0.15) is 5.82 Å². The summed E-state index contributed by atoms with van der Waals surface area (Å²) in [6.07, 6.45) is 1.48. The highest BCUT2D eigenvalue weighted by Gasteiger charge is 2.11. The quantitative estimate of drug-likeness (QED) is 0.610. The van der Waals surface area contributed by atoms with Gasteiger partial charge >= 0.3 is 0 Å². The Labute approximate surface area is 130 Å². The van der Waals surface area contributed by atoms with Crippen molar-refractivity contribution in [3.8, 4) is 17.1 Å². The first-order valence-electron chi connectivity index (χ1n) is 7.06. The molecule has 0 atom stereocenters. The molecular formula is C16H12N6O. The Morgan fingerprint density at radius 1 is 1.04 bits per heavy atom. The monoisotopic (exact) mass is 304 g/mol. The van der Waals surface area contributed by atoms with Crippen LogP contribution in [0.2, 0.25) is 0 Å². The van der Waals surface area contributed by atoms with E-state index < -0.39 is 0 Å². The topological polar surface area (TPSA) is 89.3 Å². The second kappa shape index (κ2) is 5.13. The predicted octanol–water partition coefficient (Wildman–Crippen LogP) is 1.87. The summed E-state index contributed by atoms with van der Waals surface area (Å²) in [6, 6.07) is 13.5. The Hall–Kier alpha value is -3.35. The van der Waals surface area contributed by atoms with Gasteiger partial charge in [-0.2, -0.15) is 9.78 Å². The SMILES string of the molecule is Cc1nc2c(cnn2-c2ccc(-c3ccccc3)nn2)c(=O)[nH]1. The lowest BCUT2D eigenvalue weighted by Crippen LogP contribution is -2.10. The number of H-pyrrole nitrogens is 1. The molecule has 3 aromatic heterocycles. The van der Waals surface area contributed by atoms with Gasteiger partial charge in [0, 0.05) is 5.56 Å². The number of aryl methyl sites for hydroxylation is 1. The molecule has 0 aliphatic carbocycles. The zero-order valence-corrected chi connectivity index (χ0v) is 12.3. The lowest BCUT2D eigenvalue weighted by atomic mass is 10.1. The maximum Gasteiger partial charge on any atom is 0.262 e. The molecule has 112 valence electrons. The van der Waals surface area contributed by atoms with E-state index in [9.17, 15) is 4.79 Å². The molecule has 7 nitrogen and oxygen atoms in total. The Morgan fingerprint density at radius 3 is 2.61 bits per heavy atom. The van der Waals surface area contributed by atoms with E-state index in [4.69, 9.17) is 0 Å². The average Bonchev–Trinajstić information content (AvgIpc) is 3.00. The molecule has 23 heavy (non-hydrogen) atoms. The largest absolute Gasteiger partial charge is 0.310 e. The summed E-state index contributed by atoms with van der Waals surface area (Å²) in [5.41, 5.74) is 2.01. The zero-order valence-electron chi connectivity index (χ0n) is 12.3. The molecule has 4 rings (SSSR count). The van der Waals surface area contributed by atoms with Gasteiger partial charge in [-0.15, -0.1) is 10.2 Å². The third-order valence-electron chi connectivity index (χ3n) is 3.49. The Kier molecular flexibility index (Phi) is 2.97. The van der Waals surface area contributed by atoms with Crippen molar-refractivity contribution in [1.82, 2.24) is 29.9 Å². The standard InChI is InChI=1S/C16H12N6O/c1-10-18-15-12(16(23)19-10)9-17-22(15)14-8-7-13(20-21-14)11-5-3-2-4-6-11/h2-9H,1H3,(H,18,19,23). The van der Waals surface area contributed by atoms with Crippen LogP contribution in [-0.4, -0.2) is 29.9 Å². The molecule has 0 aliphatic rings. The number of rotatable bonds is 2. The van der Waals surface area contributed by atoms with Gasteiger partial charge in [-0.1, -0.05) is 30.3 Å². The van der Waals surface area contributed by atoms with E-state index in [0.29, 0.717) is 22.7 Å². The maximum atomic E-state index is 11.9. The summed E-state index contributed by atoms with van der Waals surface area (Å²) in [7, 11) is 0. The van der Waals surface area contributed by atoms with Crippen LogP contribution in [0, 0.1) is 6.92 Å². The van der Waals surface area contributed by atoms with Gasteiger partial charge in [0.25, 0.3) is 5.56 Å². The Morgan fingerprint density at radius 2 is 1.87 bits per heavy atom. The van der Waals surface area contributed by atoms with Crippen LogP contribution < -0.4 is 5.56 Å². The van der Waals surface area contributed by atoms with E-state index in [2.05, 4.69) is 25.3 Å². The highest BCUT2D eigenvalue weighted by Crippen LogP contribution is 2.17. The summed E-state index contributed by atoms with van der Waals surface area (Å²) in [6.45, 7) is 1.72. The second-order valence-corrected chi connectivity index (χ2v) is 5.09. The highest BCUT2D eigenvalue weighted by atomic mass is 16.1. The summed E-state index contributed by atoms with van der Waals surface area (Å²) in [5, 5.41) is 13.1. The van der Waals surface area contributed by atoms with Crippen molar-refractivity contribution in [3.63, 3.8) is 0 Å². The fourth-order valence-corrected chi connectivity index (χ4v) is 2.40. The Balaban J connectivity index is 1.81. The summed E-state index contributed by atoms with van der Waals surface area (Å²) < 4.78 is 1.51. The minimum Gasteiger partial charge on any atom is -0.310 e. The fraction of sp³-hybridized carbons (Fsp3) is 0.0625. The van der Waals surface area contributed by atoms with Crippen molar-refractivity contribution in [2.24, 2.45) is 0 Å². The molecule has 4 aromatic rings. The number of hydrogen-bond acceptors (Lipinski definition) is 5. The van der Waals surface area contributed by atoms with Crippen LogP contribution in [0.4, 0.5) is 0 Å². The molecule has 0 amide bonds. The molecule has 3 heterocycles. The summed E-state index contributed by atoms with van der Waals surface area (Å²) >= 11 is 0. The van der Waals surface area contributed by atoms with Gasteiger partial charge in [0.05, 0.1) is 11.9 Å². The third kappa shape index (κ3) is 2.28. The molecule has 0 fully saturated rings. The number of nitrogens with zero attached hydrogens (tertiary/aromatic N) is 5. The lowest BCUT2D eigenvalue weighted by molar-refractivity contribution is 0.826. The maximum absolute atomic E-state index is 11.9. The van der Waals surface area contributed by atoms with E-state index in [1.54, 1.807) is 13.0 Å². The first kappa shape index (κ1) is 13.3. The van der Waals surface area contributed by atoms with Gasteiger partial charge in [0.2, 0.25) is 0 Å². The molecule has 0 spiro atoms. The molecule has 7 heteroatoms. The molecule has 0 bridgehead atoms. The third-order valence-corrected chi connectivity index (χ3v) is 3.49.